The highest BCUT2D eigenvalue weighted by Gasteiger charge is 2.30. The van der Waals surface area contributed by atoms with Crippen LogP contribution in [0.4, 0.5) is 19.0 Å². The molecule has 3 aromatic rings. The van der Waals surface area contributed by atoms with Crippen LogP contribution in [0.15, 0.2) is 54.6 Å². The number of alkyl halides is 3. The molecule has 3 nitrogen and oxygen atoms in total. The second kappa shape index (κ2) is 7.51. The van der Waals surface area contributed by atoms with E-state index in [1.54, 1.807) is 6.07 Å². The maximum absolute atomic E-state index is 12.9. The molecule has 2 aromatic carbocycles. The topological polar surface area (TPSA) is 37.8 Å². The smallest absolute Gasteiger partial charge is 0.366 e. The summed E-state index contributed by atoms with van der Waals surface area (Å²) in [6.07, 6.45) is -4.44. The van der Waals surface area contributed by atoms with Crippen LogP contribution in [0, 0.1) is 0 Å². The van der Waals surface area contributed by atoms with Crippen molar-refractivity contribution >= 4 is 29.0 Å². The number of halogens is 5. The second-order valence-corrected chi connectivity index (χ2v) is 6.22. The Balaban J connectivity index is 1.87. The maximum atomic E-state index is 12.9. The summed E-state index contributed by atoms with van der Waals surface area (Å²) in [4.78, 5) is 8.28. The summed E-state index contributed by atoms with van der Waals surface area (Å²) in [6, 6.07) is 13.6. The summed E-state index contributed by atoms with van der Waals surface area (Å²) in [7, 11) is 0. The molecule has 0 saturated carbocycles. The first-order valence-corrected chi connectivity index (χ1v) is 8.28. The molecule has 0 unspecified atom stereocenters. The van der Waals surface area contributed by atoms with Crippen molar-refractivity contribution in [2.45, 2.75) is 12.7 Å². The molecule has 0 bridgehead atoms. The molecule has 0 saturated heterocycles. The van der Waals surface area contributed by atoms with Gasteiger partial charge in [0, 0.05) is 23.2 Å². The predicted octanol–water partition coefficient (Wildman–Crippen LogP) is 6.08. The van der Waals surface area contributed by atoms with Gasteiger partial charge in [-0.25, -0.2) is 9.97 Å². The molecule has 0 aliphatic carbocycles. The molecule has 1 aromatic heterocycles. The lowest BCUT2D eigenvalue weighted by atomic mass is 10.1. The normalized spacial score (nSPS) is 11.4. The van der Waals surface area contributed by atoms with Crippen molar-refractivity contribution in [1.29, 1.82) is 0 Å². The standard InChI is InChI=1S/C18H12Cl2F3N3/c19-14-7-2-1-4-12(14)10-24-16-9-15(20)25-17(26-16)11-5-3-6-13(8-11)18(21,22)23/h1-9H,10H2,(H,24,25,26). The van der Waals surface area contributed by atoms with Crippen molar-refractivity contribution in [2.75, 3.05) is 5.32 Å². The van der Waals surface area contributed by atoms with Gasteiger partial charge in [0.2, 0.25) is 0 Å². The van der Waals surface area contributed by atoms with E-state index in [0.29, 0.717) is 17.4 Å². The maximum Gasteiger partial charge on any atom is 0.416 e. The van der Waals surface area contributed by atoms with Gasteiger partial charge in [-0.2, -0.15) is 13.2 Å². The number of benzene rings is 2. The fourth-order valence-electron chi connectivity index (χ4n) is 2.30. The van der Waals surface area contributed by atoms with Crippen LogP contribution in [0.2, 0.25) is 10.2 Å². The monoisotopic (exact) mass is 397 g/mol. The van der Waals surface area contributed by atoms with Crippen LogP contribution in [0.25, 0.3) is 11.4 Å². The molecule has 0 aliphatic heterocycles. The summed E-state index contributed by atoms with van der Waals surface area (Å²) in [6.45, 7) is 0.384. The van der Waals surface area contributed by atoms with E-state index in [2.05, 4.69) is 15.3 Å². The van der Waals surface area contributed by atoms with Gasteiger partial charge in [-0.15, -0.1) is 0 Å². The highest BCUT2D eigenvalue weighted by Crippen LogP contribution is 2.32. The molecule has 26 heavy (non-hydrogen) atoms. The van der Waals surface area contributed by atoms with Crippen molar-refractivity contribution in [3.63, 3.8) is 0 Å². The first-order valence-electron chi connectivity index (χ1n) is 7.52. The van der Waals surface area contributed by atoms with Gasteiger partial charge in [-0.1, -0.05) is 53.5 Å². The fraction of sp³-hybridized carbons (Fsp3) is 0.111. The molecule has 1 N–H and O–H groups in total. The number of rotatable bonds is 4. The van der Waals surface area contributed by atoms with E-state index in [1.807, 2.05) is 18.2 Å². The summed E-state index contributed by atoms with van der Waals surface area (Å²) >= 11 is 12.1. The molecule has 0 fully saturated rings. The Hall–Kier alpha value is -2.31. The predicted molar refractivity (Wildman–Crippen MR) is 96.3 cm³/mol. The first kappa shape index (κ1) is 18.5. The molecule has 0 atom stereocenters. The van der Waals surface area contributed by atoms with E-state index in [-0.39, 0.29) is 16.5 Å². The number of anilines is 1. The lowest BCUT2D eigenvalue weighted by molar-refractivity contribution is -0.137. The Bertz CT molecular complexity index is 930. The van der Waals surface area contributed by atoms with Crippen LogP contribution in [0.3, 0.4) is 0 Å². The van der Waals surface area contributed by atoms with Gasteiger partial charge in [0.25, 0.3) is 0 Å². The highest BCUT2D eigenvalue weighted by atomic mass is 35.5. The van der Waals surface area contributed by atoms with Crippen molar-refractivity contribution in [3.8, 4) is 11.4 Å². The molecular weight excluding hydrogens is 386 g/mol. The van der Waals surface area contributed by atoms with E-state index < -0.39 is 11.7 Å². The zero-order valence-corrected chi connectivity index (χ0v) is 14.7. The minimum Gasteiger partial charge on any atom is -0.366 e. The third-order valence-electron chi connectivity index (χ3n) is 3.56. The van der Waals surface area contributed by atoms with Gasteiger partial charge in [0.1, 0.15) is 11.0 Å². The van der Waals surface area contributed by atoms with E-state index in [1.165, 1.54) is 18.2 Å². The Labute approximate surface area is 157 Å². The van der Waals surface area contributed by atoms with Gasteiger partial charge >= 0.3 is 6.18 Å². The number of nitrogens with one attached hydrogen (secondary N) is 1. The molecular formula is C18H12Cl2F3N3. The van der Waals surface area contributed by atoms with E-state index in [4.69, 9.17) is 23.2 Å². The van der Waals surface area contributed by atoms with E-state index >= 15 is 0 Å². The third-order valence-corrected chi connectivity index (χ3v) is 4.12. The van der Waals surface area contributed by atoms with Crippen molar-refractivity contribution in [3.05, 3.63) is 75.9 Å². The zero-order valence-electron chi connectivity index (χ0n) is 13.2. The van der Waals surface area contributed by atoms with Crippen LogP contribution in [0.5, 0.6) is 0 Å². The number of aromatic nitrogens is 2. The van der Waals surface area contributed by atoms with Crippen LogP contribution in [-0.2, 0) is 12.7 Å². The third kappa shape index (κ3) is 4.45. The summed E-state index contributed by atoms with van der Waals surface area (Å²) in [5, 5.41) is 3.77. The average molecular weight is 398 g/mol. The van der Waals surface area contributed by atoms with Gasteiger partial charge < -0.3 is 5.32 Å². The summed E-state index contributed by atoms with van der Waals surface area (Å²) < 4.78 is 38.7. The molecule has 1 heterocycles. The Morgan fingerprint density at radius 2 is 1.69 bits per heavy atom. The quantitative estimate of drug-likeness (QED) is 0.541. The minimum atomic E-state index is -4.44. The fourth-order valence-corrected chi connectivity index (χ4v) is 2.69. The Morgan fingerprint density at radius 1 is 0.923 bits per heavy atom. The second-order valence-electron chi connectivity index (χ2n) is 5.42. The van der Waals surface area contributed by atoms with Crippen molar-refractivity contribution in [2.24, 2.45) is 0 Å². The van der Waals surface area contributed by atoms with Gasteiger partial charge in [-0.05, 0) is 23.8 Å². The summed E-state index contributed by atoms with van der Waals surface area (Å²) in [5.41, 5.74) is 0.303. The Morgan fingerprint density at radius 3 is 2.42 bits per heavy atom. The summed E-state index contributed by atoms with van der Waals surface area (Å²) in [5.74, 6) is 0.489. The molecule has 3 rings (SSSR count). The minimum absolute atomic E-state index is 0.102. The lowest BCUT2D eigenvalue weighted by Crippen LogP contribution is -2.06. The first-order chi connectivity index (χ1) is 12.3. The molecule has 0 amide bonds. The zero-order chi connectivity index (χ0) is 18.7. The van der Waals surface area contributed by atoms with Gasteiger partial charge in [-0.3, -0.25) is 0 Å². The van der Waals surface area contributed by atoms with Gasteiger partial charge in [0.05, 0.1) is 5.56 Å². The van der Waals surface area contributed by atoms with Gasteiger partial charge in [0.15, 0.2) is 5.82 Å². The highest BCUT2D eigenvalue weighted by molar-refractivity contribution is 6.31. The molecule has 8 heteroatoms. The van der Waals surface area contributed by atoms with Crippen molar-refractivity contribution < 1.29 is 13.2 Å². The van der Waals surface area contributed by atoms with Crippen LogP contribution >= 0.6 is 23.2 Å². The Kier molecular flexibility index (Phi) is 5.34. The largest absolute Gasteiger partial charge is 0.416 e. The number of hydrogen-bond acceptors (Lipinski definition) is 3. The molecule has 0 spiro atoms. The SMILES string of the molecule is FC(F)(F)c1cccc(-c2nc(Cl)cc(NCc3ccccc3Cl)n2)c1. The van der Waals surface area contributed by atoms with E-state index in [9.17, 15) is 13.2 Å². The van der Waals surface area contributed by atoms with E-state index in [0.717, 1.165) is 17.7 Å². The molecule has 0 aliphatic rings. The van der Waals surface area contributed by atoms with Crippen LogP contribution in [-0.4, -0.2) is 9.97 Å². The lowest BCUT2D eigenvalue weighted by Gasteiger charge is -2.11. The molecule has 0 radical (unpaired) electrons. The average Bonchev–Trinajstić information content (AvgIpc) is 2.60. The number of nitrogens with zero attached hydrogens (tertiary/aromatic N) is 2. The van der Waals surface area contributed by atoms with Crippen molar-refractivity contribution in [1.82, 2.24) is 9.97 Å². The van der Waals surface area contributed by atoms with Crippen LogP contribution < -0.4 is 5.32 Å². The van der Waals surface area contributed by atoms with Crippen LogP contribution in [0.1, 0.15) is 11.1 Å². The number of hydrogen-bond donors (Lipinski definition) is 1. The molecule has 134 valence electrons.